The Morgan fingerprint density at radius 1 is 0.929 bits per heavy atom. The first-order chi connectivity index (χ1) is 6.72. The minimum absolute atomic E-state index is 0.170. The van der Waals surface area contributed by atoms with Crippen LogP contribution in [0.3, 0.4) is 0 Å². The lowest BCUT2D eigenvalue weighted by Crippen LogP contribution is -2.17. The molecule has 1 aliphatic carbocycles. The highest BCUT2D eigenvalue weighted by molar-refractivity contribution is 6.37. The molecule has 0 spiro atoms. The molecule has 78 valence electrons. The Morgan fingerprint density at radius 2 is 1.29 bits per heavy atom. The van der Waals surface area contributed by atoms with E-state index in [4.69, 9.17) is 10.4 Å². The van der Waals surface area contributed by atoms with Crippen molar-refractivity contribution in [3.05, 3.63) is 0 Å². The zero-order valence-corrected chi connectivity index (χ0v) is 7.59. The van der Waals surface area contributed by atoms with Crippen molar-refractivity contribution < 1.29 is 20.0 Å². The van der Waals surface area contributed by atoms with E-state index in [9.17, 15) is 9.59 Å². The Balaban J connectivity index is 0.000000255. The average molecular weight is 200 g/mol. The van der Waals surface area contributed by atoms with E-state index in [1.165, 1.54) is 0 Å². The number of hydrogen-bond acceptors (Lipinski definition) is 6. The number of hydrogen-bond donors (Lipinski definition) is 2. The monoisotopic (exact) mass is 200 g/mol. The fourth-order valence-corrected chi connectivity index (χ4v) is 0.910. The first-order valence-electron chi connectivity index (χ1n) is 4.12. The minimum atomic E-state index is -0.170. The Kier molecular flexibility index (Phi) is 6.93. The summed E-state index contributed by atoms with van der Waals surface area (Å²) in [7, 11) is 0. The molecule has 0 atom stereocenters. The molecule has 6 heteroatoms. The van der Waals surface area contributed by atoms with Crippen LogP contribution in [0.2, 0.25) is 0 Å². The number of rotatable bonds is 1. The molecule has 2 N–H and O–H groups in total. The van der Waals surface area contributed by atoms with Crippen molar-refractivity contribution in [3.63, 3.8) is 0 Å². The van der Waals surface area contributed by atoms with Crippen LogP contribution in [0.25, 0.3) is 0 Å². The third kappa shape index (κ3) is 5.87. The number of carbonyl (C=O) groups is 2. The Labute approximate surface area is 80.9 Å². The van der Waals surface area contributed by atoms with Crippen LogP contribution in [0, 0.1) is 0 Å². The maximum atomic E-state index is 10.4. The smallest absolute Gasteiger partial charge is 0.198 e. The largest absolute Gasteiger partial charge is 0.411 e. The number of nitrogens with zero attached hydrogens (tertiary/aromatic N) is 2. The fourth-order valence-electron chi connectivity index (χ4n) is 0.910. The van der Waals surface area contributed by atoms with Crippen LogP contribution in [0.1, 0.15) is 25.7 Å². The average Bonchev–Trinajstić information content (AvgIpc) is 2.20. The molecule has 0 bridgehead atoms. The molecule has 0 radical (unpaired) electrons. The van der Waals surface area contributed by atoms with Gasteiger partial charge in [-0.15, -0.1) is 0 Å². The zero-order valence-electron chi connectivity index (χ0n) is 7.59. The molecule has 0 aromatic rings. The number of oxime groups is 2. The maximum absolute atomic E-state index is 10.4. The van der Waals surface area contributed by atoms with Gasteiger partial charge >= 0.3 is 0 Å². The van der Waals surface area contributed by atoms with Crippen LogP contribution < -0.4 is 0 Å². The number of ketones is 2. The molecule has 6 nitrogen and oxygen atoms in total. The summed E-state index contributed by atoms with van der Waals surface area (Å²) < 4.78 is 0. The van der Waals surface area contributed by atoms with Gasteiger partial charge in [-0.25, -0.2) is 0 Å². The van der Waals surface area contributed by atoms with E-state index in [1.54, 1.807) is 0 Å². The fraction of sp³-hybridized carbons (Fsp3) is 0.500. The third-order valence-electron chi connectivity index (χ3n) is 1.57. The normalized spacial score (nSPS) is 17.1. The molecule has 0 saturated heterocycles. The number of Topliss-reactive ketones (excluding diaryl/α,β-unsaturated/α-hetero) is 2. The molecule has 1 saturated carbocycles. The van der Waals surface area contributed by atoms with E-state index >= 15 is 0 Å². The summed E-state index contributed by atoms with van der Waals surface area (Å²) in [6, 6.07) is 0. The van der Waals surface area contributed by atoms with Gasteiger partial charge in [0.05, 0.1) is 12.4 Å². The molecular formula is C8H12N2O4. The van der Waals surface area contributed by atoms with Crippen molar-refractivity contribution in [2.24, 2.45) is 10.3 Å². The van der Waals surface area contributed by atoms with Crippen LogP contribution in [0.5, 0.6) is 0 Å². The summed E-state index contributed by atoms with van der Waals surface area (Å²) in [6.45, 7) is 0. The van der Waals surface area contributed by atoms with Gasteiger partial charge in [-0.3, -0.25) is 9.59 Å². The molecular weight excluding hydrogens is 188 g/mol. The van der Waals surface area contributed by atoms with Crippen molar-refractivity contribution >= 4 is 24.0 Å². The predicted octanol–water partition coefficient (Wildman–Crippen LogP) is 0.605. The van der Waals surface area contributed by atoms with Gasteiger partial charge in [0, 0.05) is 12.8 Å². The van der Waals surface area contributed by atoms with E-state index in [-0.39, 0.29) is 11.6 Å². The molecule has 0 heterocycles. The van der Waals surface area contributed by atoms with E-state index in [1.807, 2.05) is 0 Å². The van der Waals surface area contributed by atoms with Crippen molar-refractivity contribution in [2.75, 3.05) is 0 Å². The predicted molar refractivity (Wildman–Crippen MR) is 49.0 cm³/mol. The summed E-state index contributed by atoms with van der Waals surface area (Å²) >= 11 is 0. The van der Waals surface area contributed by atoms with Crippen LogP contribution in [-0.4, -0.2) is 34.4 Å². The Hall–Kier alpha value is -1.72. The summed E-state index contributed by atoms with van der Waals surface area (Å²) in [5.41, 5.74) is 0. The summed E-state index contributed by atoms with van der Waals surface area (Å²) in [6.07, 6.45) is 4.67. The van der Waals surface area contributed by atoms with E-state index in [0.29, 0.717) is 12.8 Å². The van der Waals surface area contributed by atoms with Crippen molar-refractivity contribution in [3.8, 4) is 0 Å². The molecule has 0 amide bonds. The first kappa shape index (κ1) is 12.3. The lowest BCUT2D eigenvalue weighted by molar-refractivity contribution is -0.137. The van der Waals surface area contributed by atoms with Crippen LogP contribution in [0.4, 0.5) is 0 Å². The second-order valence-electron chi connectivity index (χ2n) is 2.58. The summed E-state index contributed by atoms with van der Waals surface area (Å²) in [5.74, 6) is -0.340. The van der Waals surface area contributed by atoms with E-state index in [0.717, 1.165) is 25.3 Å². The topological polar surface area (TPSA) is 99.3 Å². The van der Waals surface area contributed by atoms with E-state index < -0.39 is 0 Å². The Bertz CT molecular complexity index is 222. The SMILES string of the molecule is O=C1CCCCC1=O.ON=CC=NO. The molecule has 0 unspecified atom stereocenters. The lowest BCUT2D eigenvalue weighted by atomic mass is 9.98. The van der Waals surface area contributed by atoms with Crippen LogP contribution in [-0.2, 0) is 9.59 Å². The zero-order chi connectivity index (χ0) is 10.8. The number of carbonyl (C=O) groups excluding carboxylic acids is 2. The third-order valence-corrected chi connectivity index (χ3v) is 1.57. The highest BCUT2D eigenvalue weighted by atomic mass is 16.4. The van der Waals surface area contributed by atoms with Gasteiger partial charge in [0.15, 0.2) is 11.6 Å². The second kappa shape index (κ2) is 7.90. The summed E-state index contributed by atoms with van der Waals surface area (Å²) in [5, 5.41) is 20.1. The molecule has 14 heavy (non-hydrogen) atoms. The van der Waals surface area contributed by atoms with Gasteiger partial charge < -0.3 is 10.4 Å². The quantitative estimate of drug-likeness (QED) is 0.280. The second-order valence-corrected chi connectivity index (χ2v) is 2.58. The lowest BCUT2D eigenvalue weighted by Gasteiger charge is -2.04. The molecule has 0 aliphatic heterocycles. The van der Waals surface area contributed by atoms with Gasteiger partial charge in [0.2, 0.25) is 0 Å². The van der Waals surface area contributed by atoms with Gasteiger partial charge in [0.25, 0.3) is 0 Å². The van der Waals surface area contributed by atoms with Gasteiger partial charge in [0.1, 0.15) is 0 Å². The molecule has 1 aliphatic rings. The first-order valence-corrected chi connectivity index (χ1v) is 4.12. The standard InChI is InChI=1S/C6H8O2.C2H4N2O2/c7-5-3-1-2-4-6(5)8;5-3-1-2-4-6/h1-4H2;1-2,5-6H. The van der Waals surface area contributed by atoms with Gasteiger partial charge in [-0.2, -0.15) is 0 Å². The van der Waals surface area contributed by atoms with Gasteiger partial charge in [-0.1, -0.05) is 10.3 Å². The van der Waals surface area contributed by atoms with Crippen molar-refractivity contribution in [1.82, 2.24) is 0 Å². The van der Waals surface area contributed by atoms with Crippen LogP contribution in [0.15, 0.2) is 10.3 Å². The molecule has 0 aromatic heterocycles. The van der Waals surface area contributed by atoms with Crippen molar-refractivity contribution in [2.45, 2.75) is 25.7 Å². The summed E-state index contributed by atoms with van der Waals surface area (Å²) in [4.78, 5) is 20.9. The molecule has 0 aromatic carbocycles. The van der Waals surface area contributed by atoms with Crippen LogP contribution >= 0.6 is 0 Å². The minimum Gasteiger partial charge on any atom is -0.411 e. The maximum Gasteiger partial charge on any atom is 0.198 e. The highest BCUT2D eigenvalue weighted by Crippen LogP contribution is 2.09. The van der Waals surface area contributed by atoms with Crippen molar-refractivity contribution in [1.29, 1.82) is 0 Å². The van der Waals surface area contributed by atoms with E-state index in [2.05, 4.69) is 10.3 Å². The Morgan fingerprint density at radius 3 is 1.50 bits per heavy atom. The molecule has 1 fully saturated rings. The molecule has 1 rings (SSSR count). The highest BCUT2D eigenvalue weighted by Gasteiger charge is 2.16. The van der Waals surface area contributed by atoms with Gasteiger partial charge in [-0.05, 0) is 12.8 Å².